The Morgan fingerprint density at radius 1 is 1.33 bits per heavy atom. The molecule has 0 radical (unpaired) electrons. The van der Waals surface area contributed by atoms with E-state index in [2.05, 4.69) is 23.3 Å². The van der Waals surface area contributed by atoms with E-state index in [0.717, 1.165) is 11.5 Å². The van der Waals surface area contributed by atoms with Crippen LogP contribution in [0.25, 0.3) is 0 Å². The normalized spacial score (nSPS) is 33.7. The van der Waals surface area contributed by atoms with Crippen LogP contribution in [0.1, 0.15) is 25.7 Å². The van der Waals surface area contributed by atoms with Crippen molar-refractivity contribution in [1.82, 2.24) is 10.6 Å². The first kappa shape index (κ1) is 11.5. The number of urea groups is 1. The molecule has 3 atom stereocenters. The van der Waals surface area contributed by atoms with Gasteiger partial charge in [0.05, 0.1) is 12.1 Å². The summed E-state index contributed by atoms with van der Waals surface area (Å²) in [4.78, 5) is 11.1. The van der Waals surface area contributed by atoms with Gasteiger partial charge in [-0.05, 0) is 18.6 Å². The molecule has 0 spiro atoms. The molecule has 0 aliphatic carbocycles. The van der Waals surface area contributed by atoms with Gasteiger partial charge in [-0.25, -0.2) is 4.79 Å². The second kappa shape index (κ2) is 5.34. The number of fused-ring (bicyclic) bond motifs is 1. The van der Waals surface area contributed by atoms with Gasteiger partial charge in [0.25, 0.3) is 0 Å². The van der Waals surface area contributed by atoms with Crippen molar-refractivity contribution in [3.8, 4) is 0 Å². The van der Waals surface area contributed by atoms with Gasteiger partial charge in [0.2, 0.25) is 0 Å². The van der Waals surface area contributed by atoms with E-state index in [9.17, 15) is 4.79 Å². The molecule has 3 nitrogen and oxygen atoms in total. The van der Waals surface area contributed by atoms with Crippen LogP contribution in [0.2, 0.25) is 0 Å². The van der Waals surface area contributed by atoms with Gasteiger partial charge >= 0.3 is 6.03 Å². The molecule has 0 unspecified atom stereocenters. The topological polar surface area (TPSA) is 41.1 Å². The minimum Gasteiger partial charge on any atom is -0.332 e. The summed E-state index contributed by atoms with van der Waals surface area (Å²) >= 11 is 6.20. The van der Waals surface area contributed by atoms with Gasteiger partial charge in [-0.2, -0.15) is 24.4 Å². The first-order valence-corrected chi connectivity index (χ1v) is 7.29. The molecule has 0 saturated carbocycles. The Morgan fingerprint density at radius 3 is 3.00 bits per heavy atom. The molecule has 0 bridgehead atoms. The molecular formula is C10H18N2OS2. The number of thioether (sulfide) groups is 1. The third-order valence-corrected chi connectivity index (χ3v) is 4.91. The van der Waals surface area contributed by atoms with Crippen LogP contribution < -0.4 is 10.6 Å². The van der Waals surface area contributed by atoms with Gasteiger partial charge in [-0.1, -0.05) is 12.8 Å². The summed E-state index contributed by atoms with van der Waals surface area (Å²) in [5, 5.41) is 6.60. The van der Waals surface area contributed by atoms with E-state index in [1.807, 2.05) is 11.8 Å². The first-order chi connectivity index (χ1) is 7.31. The van der Waals surface area contributed by atoms with E-state index in [4.69, 9.17) is 0 Å². The number of carbonyl (C=O) groups is 1. The Bertz CT molecular complexity index is 237. The molecule has 2 fully saturated rings. The summed E-state index contributed by atoms with van der Waals surface area (Å²) < 4.78 is 0. The predicted molar refractivity (Wildman–Crippen MR) is 67.8 cm³/mol. The number of rotatable bonds is 5. The maximum atomic E-state index is 11.1. The standard InChI is InChI=1S/C10H18N2OS2/c13-10-11-7-6-15-8(9(7)12-10)4-2-1-3-5-14/h7-9,14H,1-6H2,(H2,11,12,13)/t7-,8-,9-/m0/s1. The lowest BCUT2D eigenvalue weighted by Crippen LogP contribution is -2.36. The largest absolute Gasteiger partial charge is 0.332 e. The zero-order chi connectivity index (χ0) is 10.7. The molecule has 0 aromatic heterocycles. The highest BCUT2D eigenvalue weighted by Crippen LogP contribution is 2.33. The van der Waals surface area contributed by atoms with Crippen molar-refractivity contribution in [3.05, 3.63) is 0 Å². The molecule has 0 aromatic carbocycles. The van der Waals surface area contributed by atoms with E-state index in [-0.39, 0.29) is 6.03 Å². The monoisotopic (exact) mass is 246 g/mol. The van der Waals surface area contributed by atoms with Gasteiger partial charge in [0, 0.05) is 11.0 Å². The molecule has 2 aliphatic rings. The molecule has 15 heavy (non-hydrogen) atoms. The molecule has 86 valence electrons. The summed E-state index contributed by atoms with van der Waals surface area (Å²) in [5.74, 6) is 2.06. The Balaban J connectivity index is 1.72. The number of amides is 2. The summed E-state index contributed by atoms with van der Waals surface area (Å²) in [7, 11) is 0. The van der Waals surface area contributed by atoms with Gasteiger partial charge in [-0.15, -0.1) is 0 Å². The summed E-state index contributed by atoms with van der Waals surface area (Å²) in [6.07, 6.45) is 4.96. The molecule has 2 heterocycles. The number of hydrogen-bond acceptors (Lipinski definition) is 3. The Morgan fingerprint density at radius 2 is 2.20 bits per heavy atom. The number of hydrogen-bond donors (Lipinski definition) is 3. The van der Waals surface area contributed by atoms with E-state index < -0.39 is 0 Å². The number of unbranched alkanes of at least 4 members (excludes halogenated alkanes) is 2. The molecule has 2 amide bonds. The van der Waals surface area contributed by atoms with Gasteiger partial charge < -0.3 is 10.6 Å². The highest BCUT2D eigenvalue weighted by Gasteiger charge is 2.42. The van der Waals surface area contributed by atoms with Crippen LogP contribution in [0.15, 0.2) is 0 Å². The first-order valence-electron chi connectivity index (χ1n) is 5.61. The van der Waals surface area contributed by atoms with Gasteiger partial charge in [-0.3, -0.25) is 0 Å². The fraction of sp³-hybridized carbons (Fsp3) is 0.900. The van der Waals surface area contributed by atoms with E-state index in [1.54, 1.807) is 0 Å². The van der Waals surface area contributed by atoms with Crippen LogP contribution in [0.3, 0.4) is 0 Å². The van der Waals surface area contributed by atoms with Crippen molar-refractivity contribution in [1.29, 1.82) is 0 Å². The van der Waals surface area contributed by atoms with Crippen molar-refractivity contribution in [3.63, 3.8) is 0 Å². The lowest BCUT2D eigenvalue weighted by Gasteiger charge is -2.16. The smallest absolute Gasteiger partial charge is 0.315 e. The highest BCUT2D eigenvalue weighted by atomic mass is 32.2. The molecule has 2 aliphatic heterocycles. The summed E-state index contributed by atoms with van der Waals surface area (Å²) in [5.41, 5.74) is 0. The maximum absolute atomic E-state index is 11.1. The van der Waals surface area contributed by atoms with E-state index in [0.29, 0.717) is 17.3 Å². The number of carbonyl (C=O) groups excluding carboxylic acids is 1. The Hall–Kier alpha value is -0.0300. The average Bonchev–Trinajstić information content (AvgIpc) is 2.73. The molecule has 2 saturated heterocycles. The second-order valence-electron chi connectivity index (χ2n) is 4.19. The van der Waals surface area contributed by atoms with E-state index >= 15 is 0 Å². The molecule has 5 heteroatoms. The minimum atomic E-state index is 0.0191. The van der Waals surface area contributed by atoms with Crippen molar-refractivity contribution in [2.45, 2.75) is 43.0 Å². The van der Waals surface area contributed by atoms with Crippen LogP contribution >= 0.6 is 24.4 Å². The average molecular weight is 246 g/mol. The maximum Gasteiger partial charge on any atom is 0.315 e. The van der Waals surface area contributed by atoms with Crippen LogP contribution in [-0.2, 0) is 0 Å². The van der Waals surface area contributed by atoms with Gasteiger partial charge in [0.15, 0.2) is 0 Å². The Labute approximate surface area is 101 Å². The third-order valence-electron chi connectivity index (χ3n) is 3.08. The predicted octanol–water partition coefficient (Wildman–Crippen LogP) is 1.64. The van der Waals surface area contributed by atoms with Gasteiger partial charge in [0.1, 0.15) is 0 Å². The zero-order valence-corrected chi connectivity index (χ0v) is 10.4. The van der Waals surface area contributed by atoms with Crippen molar-refractivity contribution >= 4 is 30.4 Å². The Kier molecular flexibility index (Phi) is 4.08. The summed E-state index contributed by atoms with van der Waals surface area (Å²) in [6, 6.07) is 0.765. The zero-order valence-electron chi connectivity index (χ0n) is 8.74. The molecular weight excluding hydrogens is 228 g/mol. The van der Waals surface area contributed by atoms with Crippen molar-refractivity contribution in [2.24, 2.45) is 0 Å². The number of nitrogens with one attached hydrogen (secondary N) is 2. The summed E-state index contributed by atoms with van der Waals surface area (Å²) in [6.45, 7) is 0. The fourth-order valence-corrected chi connectivity index (χ4v) is 4.04. The molecule has 0 aromatic rings. The lowest BCUT2D eigenvalue weighted by molar-refractivity contribution is 0.247. The highest BCUT2D eigenvalue weighted by molar-refractivity contribution is 8.00. The van der Waals surface area contributed by atoms with Crippen LogP contribution in [0.5, 0.6) is 0 Å². The lowest BCUT2D eigenvalue weighted by atomic mass is 10.0. The van der Waals surface area contributed by atoms with Crippen LogP contribution in [0.4, 0.5) is 4.79 Å². The SMILES string of the molecule is O=C1N[C@H]2[C@H](CS[C@H]2CCCCCS)N1. The third kappa shape index (κ3) is 2.75. The minimum absolute atomic E-state index is 0.0191. The number of thiol groups is 1. The van der Waals surface area contributed by atoms with Crippen LogP contribution in [-0.4, -0.2) is 34.9 Å². The van der Waals surface area contributed by atoms with Crippen molar-refractivity contribution in [2.75, 3.05) is 11.5 Å². The molecule has 2 rings (SSSR count). The quantitative estimate of drug-likeness (QED) is 0.392. The fourth-order valence-electron chi connectivity index (χ4n) is 2.28. The van der Waals surface area contributed by atoms with E-state index in [1.165, 1.54) is 25.7 Å². The second-order valence-corrected chi connectivity index (χ2v) is 5.91. The molecule has 2 N–H and O–H groups in total. The van der Waals surface area contributed by atoms with Crippen LogP contribution in [0, 0.1) is 0 Å². The van der Waals surface area contributed by atoms with Crippen molar-refractivity contribution < 1.29 is 4.79 Å².